The number of carbonyl (C=O) groups excluding carboxylic acids is 2. The number of benzene rings is 1. The number of pyridine rings is 1. The molecule has 36 heavy (non-hydrogen) atoms. The molecular weight excluding hydrogens is 566 g/mol. The number of alkyl halides is 3. The molecule has 1 aromatic carbocycles. The molecule has 0 unspecified atom stereocenters. The number of ether oxygens (including phenoxy) is 1. The Kier molecular flexibility index (Phi) is 7.11. The van der Waals surface area contributed by atoms with Crippen molar-refractivity contribution >= 4 is 73.9 Å². The molecule has 0 saturated heterocycles. The van der Waals surface area contributed by atoms with Gasteiger partial charge in [0, 0.05) is 10.4 Å². The molecule has 0 aliphatic rings. The number of hydrogen-bond acceptors (Lipinski definition) is 6. The van der Waals surface area contributed by atoms with E-state index in [4.69, 9.17) is 49.7 Å². The fourth-order valence-corrected chi connectivity index (χ4v) is 5.27. The van der Waals surface area contributed by atoms with E-state index in [-0.39, 0.29) is 60.3 Å². The van der Waals surface area contributed by atoms with Crippen LogP contribution < -0.4 is 15.8 Å². The summed E-state index contributed by atoms with van der Waals surface area (Å²) in [4.78, 5) is 28.2. The predicted octanol–water partition coefficient (Wildman–Crippen LogP) is 7.11. The van der Waals surface area contributed by atoms with Gasteiger partial charge in [0.1, 0.15) is 27.8 Å². The monoisotopic (exact) mass is 577 g/mol. The summed E-state index contributed by atoms with van der Waals surface area (Å²) in [6.45, 7) is 1.27. The molecular formula is C22H13Cl3F3N3O4S. The van der Waals surface area contributed by atoms with E-state index in [1.807, 2.05) is 0 Å². The zero-order valence-electron chi connectivity index (χ0n) is 17.9. The van der Waals surface area contributed by atoms with Crippen molar-refractivity contribution in [1.29, 1.82) is 0 Å². The summed E-state index contributed by atoms with van der Waals surface area (Å²) in [7, 11) is 0. The van der Waals surface area contributed by atoms with E-state index in [0.717, 1.165) is 6.07 Å². The number of thiophene rings is 1. The van der Waals surface area contributed by atoms with Crippen LogP contribution in [0.5, 0.6) is 5.75 Å². The first-order valence-electron chi connectivity index (χ1n) is 9.83. The molecule has 4 aromatic rings. The zero-order valence-corrected chi connectivity index (χ0v) is 21.0. The van der Waals surface area contributed by atoms with Crippen molar-refractivity contribution in [2.45, 2.75) is 19.7 Å². The third-order valence-electron chi connectivity index (χ3n) is 4.82. The van der Waals surface area contributed by atoms with Crippen LogP contribution in [-0.4, -0.2) is 16.8 Å². The Morgan fingerprint density at radius 2 is 1.83 bits per heavy atom. The Bertz CT molecular complexity index is 1490. The number of primary amides is 1. The quantitative estimate of drug-likeness (QED) is 0.254. The zero-order chi connectivity index (χ0) is 26.4. The second-order valence-corrected chi connectivity index (χ2v) is 9.63. The van der Waals surface area contributed by atoms with Gasteiger partial charge in [-0.2, -0.15) is 13.2 Å². The summed E-state index contributed by atoms with van der Waals surface area (Å²) < 4.78 is 50.6. The topological polar surface area (TPSA) is 107 Å². The number of aromatic nitrogens is 1. The molecule has 2 amide bonds. The van der Waals surface area contributed by atoms with Crippen molar-refractivity contribution in [2.24, 2.45) is 5.73 Å². The summed E-state index contributed by atoms with van der Waals surface area (Å²) in [6, 6.07) is 6.54. The number of furan rings is 1. The highest BCUT2D eigenvalue weighted by atomic mass is 35.5. The van der Waals surface area contributed by atoms with Crippen LogP contribution >= 0.6 is 46.1 Å². The summed E-state index contributed by atoms with van der Waals surface area (Å²) >= 11 is 18.7. The van der Waals surface area contributed by atoms with Crippen molar-refractivity contribution in [1.82, 2.24) is 4.98 Å². The Morgan fingerprint density at radius 1 is 1.17 bits per heavy atom. The van der Waals surface area contributed by atoms with Gasteiger partial charge in [0.2, 0.25) is 0 Å². The standard InChI is InChI=1S/C22H13Cl3F3N3O4S/c1-8-4-14(22(26,27)28)30-21-15(8)16(18(36-21)19(29)32)31-20(33)13-3-2-10(35-13)7-34-17-11(24)5-9(23)6-12(17)25/h2-6H,7H2,1H3,(H2,29,32)(H,31,33). The molecule has 0 atom stereocenters. The Balaban J connectivity index is 1.59. The molecule has 3 heterocycles. The minimum Gasteiger partial charge on any atom is -0.483 e. The van der Waals surface area contributed by atoms with Crippen molar-refractivity contribution in [3.05, 3.63) is 73.1 Å². The van der Waals surface area contributed by atoms with E-state index in [1.165, 1.54) is 31.2 Å². The van der Waals surface area contributed by atoms with Crippen LogP contribution in [0.25, 0.3) is 10.2 Å². The van der Waals surface area contributed by atoms with Crippen LogP contribution in [0.4, 0.5) is 18.9 Å². The lowest BCUT2D eigenvalue weighted by Gasteiger charge is -2.09. The van der Waals surface area contributed by atoms with Crippen molar-refractivity contribution in [3.8, 4) is 5.75 Å². The number of aryl methyl sites for hydroxylation is 1. The first-order valence-corrected chi connectivity index (χ1v) is 11.8. The summed E-state index contributed by atoms with van der Waals surface area (Å²) in [5.41, 5.74) is 4.37. The molecule has 188 valence electrons. The lowest BCUT2D eigenvalue weighted by molar-refractivity contribution is -0.141. The fourth-order valence-electron chi connectivity index (χ4n) is 3.28. The number of amides is 2. The van der Waals surface area contributed by atoms with Crippen molar-refractivity contribution < 1.29 is 31.9 Å². The third kappa shape index (κ3) is 5.24. The summed E-state index contributed by atoms with van der Waals surface area (Å²) in [6.07, 6.45) is -4.69. The van der Waals surface area contributed by atoms with Crippen LogP contribution in [0.1, 0.15) is 37.2 Å². The second kappa shape index (κ2) is 9.81. The smallest absolute Gasteiger partial charge is 0.433 e. The van der Waals surface area contributed by atoms with E-state index >= 15 is 0 Å². The maximum Gasteiger partial charge on any atom is 0.433 e. The van der Waals surface area contributed by atoms with Gasteiger partial charge in [0.15, 0.2) is 11.5 Å². The third-order valence-corrected chi connectivity index (χ3v) is 6.70. The van der Waals surface area contributed by atoms with Gasteiger partial charge in [0.25, 0.3) is 11.8 Å². The highest BCUT2D eigenvalue weighted by molar-refractivity contribution is 7.21. The SMILES string of the molecule is Cc1cc(C(F)(F)F)nc2sc(C(N)=O)c(NC(=O)c3ccc(COc4c(Cl)cc(Cl)cc4Cl)o3)c12. The number of nitrogens with two attached hydrogens (primary N) is 1. The Labute approximate surface area is 219 Å². The van der Waals surface area contributed by atoms with Gasteiger partial charge in [-0.1, -0.05) is 34.8 Å². The van der Waals surface area contributed by atoms with Crippen LogP contribution in [0, 0.1) is 6.92 Å². The molecule has 0 saturated carbocycles. The van der Waals surface area contributed by atoms with E-state index in [9.17, 15) is 22.8 Å². The van der Waals surface area contributed by atoms with Crippen LogP contribution in [-0.2, 0) is 12.8 Å². The normalized spacial score (nSPS) is 11.6. The minimum absolute atomic E-state index is 0.0554. The highest BCUT2D eigenvalue weighted by Crippen LogP contribution is 2.40. The molecule has 4 rings (SSSR count). The Hall–Kier alpha value is -2.99. The summed E-state index contributed by atoms with van der Waals surface area (Å²) in [5, 5.41) is 3.35. The number of nitrogens with zero attached hydrogens (tertiary/aromatic N) is 1. The molecule has 7 nitrogen and oxygen atoms in total. The van der Waals surface area contributed by atoms with Crippen LogP contribution in [0.3, 0.4) is 0 Å². The predicted molar refractivity (Wildman–Crippen MR) is 130 cm³/mol. The van der Waals surface area contributed by atoms with Gasteiger partial charge in [-0.3, -0.25) is 9.59 Å². The number of fused-ring (bicyclic) bond motifs is 1. The van der Waals surface area contributed by atoms with E-state index in [2.05, 4.69) is 10.3 Å². The Morgan fingerprint density at radius 3 is 2.44 bits per heavy atom. The largest absolute Gasteiger partial charge is 0.483 e. The average Bonchev–Trinajstić information content (AvgIpc) is 3.37. The highest BCUT2D eigenvalue weighted by Gasteiger charge is 2.34. The lowest BCUT2D eigenvalue weighted by Crippen LogP contribution is -2.16. The van der Waals surface area contributed by atoms with Gasteiger partial charge in [-0.05, 0) is 42.8 Å². The fraction of sp³-hybridized carbons (Fsp3) is 0.136. The molecule has 0 fully saturated rings. The number of hydrogen-bond donors (Lipinski definition) is 2. The first kappa shape index (κ1) is 26.1. The van der Waals surface area contributed by atoms with E-state index < -0.39 is 23.7 Å². The number of rotatable bonds is 6. The van der Waals surface area contributed by atoms with Gasteiger partial charge in [0.05, 0.1) is 15.7 Å². The maximum atomic E-state index is 13.2. The first-order chi connectivity index (χ1) is 16.8. The molecule has 0 radical (unpaired) electrons. The van der Waals surface area contributed by atoms with E-state index in [0.29, 0.717) is 16.4 Å². The molecule has 0 aliphatic heterocycles. The lowest BCUT2D eigenvalue weighted by atomic mass is 10.1. The molecule has 14 heteroatoms. The minimum atomic E-state index is -4.69. The molecule has 0 aliphatic carbocycles. The number of halogens is 6. The van der Waals surface area contributed by atoms with Gasteiger partial charge >= 0.3 is 6.18 Å². The van der Waals surface area contributed by atoms with Crippen molar-refractivity contribution in [3.63, 3.8) is 0 Å². The van der Waals surface area contributed by atoms with Crippen LogP contribution in [0.2, 0.25) is 15.1 Å². The number of nitrogens with one attached hydrogen (secondary N) is 1. The second-order valence-electron chi connectivity index (χ2n) is 7.38. The maximum absolute atomic E-state index is 13.2. The molecule has 3 N–H and O–H groups in total. The van der Waals surface area contributed by atoms with Gasteiger partial charge < -0.3 is 20.2 Å². The van der Waals surface area contributed by atoms with Crippen molar-refractivity contribution in [2.75, 3.05) is 5.32 Å². The molecule has 3 aromatic heterocycles. The van der Waals surface area contributed by atoms with Crippen LogP contribution in [0.15, 0.2) is 34.7 Å². The number of carbonyl (C=O) groups is 2. The molecule has 0 bridgehead atoms. The molecule has 0 spiro atoms. The van der Waals surface area contributed by atoms with Gasteiger partial charge in [-0.15, -0.1) is 11.3 Å². The summed E-state index contributed by atoms with van der Waals surface area (Å²) in [5.74, 6) is -1.46. The average molecular weight is 579 g/mol. The van der Waals surface area contributed by atoms with E-state index in [1.54, 1.807) is 0 Å². The van der Waals surface area contributed by atoms with Gasteiger partial charge in [-0.25, -0.2) is 4.98 Å². The number of anilines is 1.